The molecule has 6 heteroatoms. The van der Waals surface area contributed by atoms with Gasteiger partial charge in [-0.05, 0) is 43.0 Å². The van der Waals surface area contributed by atoms with E-state index in [1.54, 1.807) is 6.20 Å². The Kier molecular flexibility index (Phi) is 4.08. The third-order valence-electron chi connectivity index (χ3n) is 3.53. The van der Waals surface area contributed by atoms with Gasteiger partial charge in [-0.1, -0.05) is 29.3 Å². The summed E-state index contributed by atoms with van der Waals surface area (Å²) in [6, 6.07) is 6.91. The molecular weight excluding hydrogens is 309 g/mol. The van der Waals surface area contributed by atoms with Gasteiger partial charge in [0.2, 0.25) is 0 Å². The first kappa shape index (κ1) is 14.3. The van der Waals surface area contributed by atoms with Crippen LogP contribution in [0.3, 0.4) is 0 Å². The fourth-order valence-electron chi connectivity index (χ4n) is 2.59. The Morgan fingerprint density at radius 2 is 2.05 bits per heavy atom. The highest BCUT2D eigenvalue weighted by atomic mass is 35.5. The van der Waals surface area contributed by atoms with Crippen molar-refractivity contribution in [2.24, 2.45) is 0 Å². The fourth-order valence-corrected chi connectivity index (χ4v) is 3.05. The second-order valence-corrected chi connectivity index (χ2v) is 5.74. The van der Waals surface area contributed by atoms with Crippen molar-refractivity contribution < 1.29 is 4.79 Å². The molecule has 0 bridgehead atoms. The van der Waals surface area contributed by atoms with E-state index in [0.717, 1.165) is 25.0 Å². The highest BCUT2D eigenvalue weighted by molar-refractivity contribution is 6.33. The van der Waals surface area contributed by atoms with Gasteiger partial charge in [0.1, 0.15) is 10.3 Å². The molecule has 1 N–H and O–H groups in total. The topological polar surface area (TPSA) is 54.9 Å². The van der Waals surface area contributed by atoms with Crippen LogP contribution in [-0.2, 0) is 6.42 Å². The number of aromatic nitrogens is 2. The molecule has 1 atom stereocenters. The summed E-state index contributed by atoms with van der Waals surface area (Å²) in [7, 11) is 0. The maximum absolute atomic E-state index is 12.3. The molecule has 108 valence electrons. The van der Waals surface area contributed by atoms with Crippen molar-refractivity contribution in [1.29, 1.82) is 0 Å². The Hall–Kier alpha value is -1.65. The Morgan fingerprint density at radius 3 is 2.81 bits per heavy atom. The van der Waals surface area contributed by atoms with Crippen LogP contribution in [0.15, 0.2) is 30.5 Å². The van der Waals surface area contributed by atoms with Crippen LogP contribution in [0.1, 0.15) is 40.5 Å². The number of hydrogen-bond donors (Lipinski definition) is 1. The van der Waals surface area contributed by atoms with Crippen LogP contribution >= 0.6 is 23.2 Å². The molecule has 0 aliphatic heterocycles. The van der Waals surface area contributed by atoms with Gasteiger partial charge in [0, 0.05) is 11.8 Å². The average molecular weight is 322 g/mol. The zero-order valence-electron chi connectivity index (χ0n) is 11.1. The Morgan fingerprint density at radius 1 is 1.29 bits per heavy atom. The molecule has 0 saturated carbocycles. The van der Waals surface area contributed by atoms with Crippen molar-refractivity contribution in [2.75, 3.05) is 0 Å². The monoisotopic (exact) mass is 321 g/mol. The smallest absolute Gasteiger partial charge is 0.252 e. The maximum atomic E-state index is 12.3. The van der Waals surface area contributed by atoms with Crippen LogP contribution < -0.4 is 5.32 Å². The minimum Gasteiger partial charge on any atom is -0.344 e. The van der Waals surface area contributed by atoms with Crippen molar-refractivity contribution in [3.63, 3.8) is 0 Å². The van der Waals surface area contributed by atoms with E-state index in [2.05, 4.69) is 21.4 Å². The van der Waals surface area contributed by atoms with Crippen molar-refractivity contribution in [2.45, 2.75) is 25.3 Å². The number of carbonyl (C=O) groups is 1. The second kappa shape index (κ2) is 6.00. The summed E-state index contributed by atoms with van der Waals surface area (Å²) in [5, 5.41) is 3.41. The lowest BCUT2D eigenvalue weighted by molar-refractivity contribution is 0.0931. The Bertz CT molecular complexity index is 670. The van der Waals surface area contributed by atoms with Gasteiger partial charge in [0.05, 0.1) is 11.7 Å². The molecule has 21 heavy (non-hydrogen) atoms. The van der Waals surface area contributed by atoms with Gasteiger partial charge in [-0.15, -0.1) is 0 Å². The third kappa shape index (κ3) is 3.17. The SMILES string of the molecule is O=C(N[C@@H]1CCCc2cccnc21)c1cc(Cl)nc(Cl)c1. The molecule has 1 aliphatic rings. The zero-order valence-corrected chi connectivity index (χ0v) is 12.7. The van der Waals surface area contributed by atoms with Crippen LogP contribution in [0.5, 0.6) is 0 Å². The number of halogens is 2. The number of rotatable bonds is 2. The molecule has 0 radical (unpaired) electrons. The van der Waals surface area contributed by atoms with Crippen LogP contribution in [0, 0.1) is 0 Å². The molecule has 0 fully saturated rings. The summed E-state index contributed by atoms with van der Waals surface area (Å²) in [5.74, 6) is -0.218. The first-order chi connectivity index (χ1) is 10.1. The molecule has 1 aliphatic carbocycles. The van der Waals surface area contributed by atoms with Crippen molar-refractivity contribution in [3.8, 4) is 0 Å². The number of nitrogens with zero attached hydrogens (tertiary/aromatic N) is 2. The molecule has 1 amide bonds. The van der Waals surface area contributed by atoms with Crippen LogP contribution in [0.25, 0.3) is 0 Å². The van der Waals surface area contributed by atoms with E-state index in [1.807, 2.05) is 6.07 Å². The lowest BCUT2D eigenvalue weighted by atomic mass is 9.92. The summed E-state index contributed by atoms with van der Waals surface area (Å²) >= 11 is 11.7. The van der Waals surface area contributed by atoms with Crippen molar-refractivity contribution in [3.05, 3.63) is 57.6 Å². The van der Waals surface area contributed by atoms with Crippen molar-refractivity contribution >= 4 is 29.1 Å². The van der Waals surface area contributed by atoms with E-state index in [9.17, 15) is 4.79 Å². The molecule has 0 aromatic carbocycles. The highest BCUT2D eigenvalue weighted by Gasteiger charge is 2.23. The van der Waals surface area contributed by atoms with Crippen LogP contribution in [0.4, 0.5) is 0 Å². The van der Waals surface area contributed by atoms with Gasteiger partial charge in [-0.3, -0.25) is 9.78 Å². The largest absolute Gasteiger partial charge is 0.344 e. The average Bonchev–Trinajstić information content (AvgIpc) is 2.46. The van der Waals surface area contributed by atoms with Gasteiger partial charge in [0.25, 0.3) is 5.91 Å². The highest BCUT2D eigenvalue weighted by Crippen LogP contribution is 2.28. The molecule has 0 saturated heterocycles. The van der Waals surface area contributed by atoms with E-state index >= 15 is 0 Å². The fraction of sp³-hybridized carbons (Fsp3) is 0.267. The molecule has 2 heterocycles. The number of nitrogens with one attached hydrogen (secondary N) is 1. The molecule has 4 nitrogen and oxygen atoms in total. The van der Waals surface area contributed by atoms with E-state index in [4.69, 9.17) is 23.2 Å². The Labute approximate surface area is 132 Å². The number of amides is 1. The lowest BCUT2D eigenvalue weighted by Gasteiger charge is -2.25. The van der Waals surface area contributed by atoms with E-state index in [1.165, 1.54) is 17.7 Å². The zero-order chi connectivity index (χ0) is 14.8. The predicted molar refractivity (Wildman–Crippen MR) is 81.6 cm³/mol. The standard InChI is InChI=1S/C15H13Cl2N3O/c16-12-7-10(8-13(17)20-12)15(21)19-11-5-1-3-9-4-2-6-18-14(9)11/h2,4,6-8,11H,1,3,5H2,(H,19,21)/t11-/m1/s1. The third-order valence-corrected chi connectivity index (χ3v) is 3.91. The number of hydrogen-bond acceptors (Lipinski definition) is 3. The molecular formula is C15H13Cl2N3O. The number of pyridine rings is 2. The van der Waals surface area contributed by atoms with E-state index < -0.39 is 0 Å². The molecule has 2 aromatic rings. The van der Waals surface area contributed by atoms with Crippen LogP contribution in [-0.4, -0.2) is 15.9 Å². The number of carbonyl (C=O) groups excluding carboxylic acids is 1. The maximum Gasteiger partial charge on any atom is 0.252 e. The summed E-state index contributed by atoms with van der Waals surface area (Å²) in [6.45, 7) is 0. The predicted octanol–water partition coefficient (Wildman–Crippen LogP) is 3.59. The normalized spacial score (nSPS) is 17.1. The quantitative estimate of drug-likeness (QED) is 0.860. The van der Waals surface area contributed by atoms with Gasteiger partial charge in [0.15, 0.2) is 0 Å². The summed E-state index contributed by atoms with van der Waals surface area (Å²) in [4.78, 5) is 20.6. The molecule has 3 rings (SSSR count). The first-order valence-corrected chi connectivity index (χ1v) is 7.47. The van der Waals surface area contributed by atoms with Crippen LogP contribution in [0.2, 0.25) is 10.3 Å². The van der Waals surface area contributed by atoms with Gasteiger partial charge >= 0.3 is 0 Å². The minimum absolute atomic E-state index is 0.0758. The summed E-state index contributed by atoms with van der Waals surface area (Å²) in [5.41, 5.74) is 2.55. The molecule has 0 unspecified atom stereocenters. The minimum atomic E-state index is -0.218. The van der Waals surface area contributed by atoms with E-state index in [0.29, 0.717) is 5.56 Å². The first-order valence-electron chi connectivity index (χ1n) is 6.71. The lowest BCUT2D eigenvalue weighted by Crippen LogP contribution is -2.31. The molecule has 0 spiro atoms. The number of fused-ring (bicyclic) bond motifs is 1. The Balaban J connectivity index is 1.82. The second-order valence-electron chi connectivity index (χ2n) is 4.97. The number of aryl methyl sites for hydroxylation is 1. The summed E-state index contributed by atoms with van der Waals surface area (Å²) in [6.07, 6.45) is 4.66. The molecule has 2 aromatic heterocycles. The van der Waals surface area contributed by atoms with E-state index in [-0.39, 0.29) is 22.3 Å². The summed E-state index contributed by atoms with van der Waals surface area (Å²) < 4.78 is 0. The van der Waals surface area contributed by atoms with Gasteiger partial charge < -0.3 is 5.32 Å². The van der Waals surface area contributed by atoms with Crippen molar-refractivity contribution in [1.82, 2.24) is 15.3 Å². The van der Waals surface area contributed by atoms with Gasteiger partial charge in [-0.2, -0.15) is 0 Å². The van der Waals surface area contributed by atoms with Gasteiger partial charge in [-0.25, -0.2) is 4.98 Å².